The summed E-state index contributed by atoms with van der Waals surface area (Å²) >= 11 is 0. The van der Waals surface area contributed by atoms with Gasteiger partial charge in [-0.2, -0.15) is 0 Å². The topological polar surface area (TPSA) is 20.2 Å². The van der Waals surface area contributed by atoms with E-state index in [0.29, 0.717) is 23.7 Å². The van der Waals surface area contributed by atoms with Crippen molar-refractivity contribution in [1.29, 1.82) is 0 Å². The maximum absolute atomic E-state index is 11.0. The van der Waals surface area contributed by atoms with Crippen molar-refractivity contribution in [1.82, 2.24) is 0 Å². The minimum Gasteiger partial charge on any atom is -0.389 e. The molecule has 2 fully saturated rings. The molecule has 1 N–H and O–H groups in total. The molecule has 92 valence electrons. The van der Waals surface area contributed by atoms with Crippen LogP contribution < -0.4 is 0 Å². The van der Waals surface area contributed by atoms with Crippen LogP contribution in [0.2, 0.25) is 0 Å². The van der Waals surface area contributed by atoms with E-state index in [2.05, 4.69) is 33.8 Å². The Balaban J connectivity index is 2.30. The van der Waals surface area contributed by atoms with Gasteiger partial charge >= 0.3 is 0 Å². The molecule has 0 heterocycles. The average molecular weight is 222 g/mol. The highest BCUT2D eigenvalue weighted by atomic mass is 16.3. The molecule has 1 heteroatoms. The SMILES string of the molecule is CC(C)=C[C@H]1[C@@H](C)CC[C@@H]2[C@@H](C)CC[C@]21O. The van der Waals surface area contributed by atoms with Crippen molar-refractivity contribution in [2.24, 2.45) is 23.7 Å². The van der Waals surface area contributed by atoms with Crippen LogP contribution in [0.15, 0.2) is 11.6 Å². The van der Waals surface area contributed by atoms with Crippen LogP contribution in [0, 0.1) is 23.7 Å². The van der Waals surface area contributed by atoms with Crippen LogP contribution in [0.1, 0.15) is 53.4 Å². The van der Waals surface area contributed by atoms with Crippen molar-refractivity contribution in [3.63, 3.8) is 0 Å². The van der Waals surface area contributed by atoms with Crippen LogP contribution in [-0.2, 0) is 0 Å². The van der Waals surface area contributed by atoms with Crippen molar-refractivity contribution >= 4 is 0 Å². The van der Waals surface area contributed by atoms with E-state index in [4.69, 9.17) is 0 Å². The molecule has 0 aromatic heterocycles. The van der Waals surface area contributed by atoms with Gasteiger partial charge in [-0.3, -0.25) is 0 Å². The highest BCUT2D eigenvalue weighted by Gasteiger charge is 2.53. The minimum atomic E-state index is -0.394. The molecular formula is C15H26O. The molecule has 0 radical (unpaired) electrons. The van der Waals surface area contributed by atoms with Crippen molar-refractivity contribution < 1.29 is 5.11 Å². The minimum absolute atomic E-state index is 0.390. The summed E-state index contributed by atoms with van der Waals surface area (Å²) in [4.78, 5) is 0. The smallest absolute Gasteiger partial charge is 0.0743 e. The van der Waals surface area contributed by atoms with Crippen LogP contribution in [-0.4, -0.2) is 10.7 Å². The summed E-state index contributed by atoms with van der Waals surface area (Å²) in [7, 11) is 0. The van der Waals surface area contributed by atoms with Gasteiger partial charge in [-0.05, 0) is 57.3 Å². The van der Waals surface area contributed by atoms with Crippen molar-refractivity contribution in [2.75, 3.05) is 0 Å². The Morgan fingerprint density at radius 3 is 2.44 bits per heavy atom. The molecule has 0 aliphatic heterocycles. The molecule has 5 atom stereocenters. The van der Waals surface area contributed by atoms with Gasteiger partial charge in [-0.15, -0.1) is 0 Å². The summed E-state index contributed by atoms with van der Waals surface area (Å²) in [6.45, 7) is 8.93. The van der Waals surface area contributed by atoms with Gasteiger partial charge in [0.1, 0.15) is 0 Å². The molecule has 2 saturated carbocycles. The molecule has 16 heavy (non-hydrogen) atoms. The second kappa shape index (κ2) is 4.18. The van der Waals surface area contributed by atoms with E-state index in [-0.39, 0.29) is 0 Å². The molecule has 1 nitrogen and oxygen atoms in total. The maximum atomic E-state index is 11.0. The van der Waals surface area contributed by atoms with Crippen LogP contribution in [0.5, 0.6) is 0 Å². The van der Waals surface area contributed by atoms with Gasteiger partial charge in [-0.1, -0.05) is 25.5 Å². The number of hydrogen-bond acceptors (Lipinski definition) is 1. The highest BCUT2D eigenvalue weighted by molar-refractivity contribution is 5.13. The van der Waals surface area contributed by atoms with E-state index in [1.165, 1.54) is 24.8 Å². The standard InChI is InChI=1S/C15H26O/c1-10(2)9-14-11(3)5-6-13-12(4)7-8-15(13,14)16/h9,11-14,16H,5-8H2,1-4H3/t11-,12-,13+,14-,15-/m0/s1. The Labute approximate surface area is 99.9 Å². The molecule has 0 amide bonds. The first-order chi connectivity index (χ1) is 7.45. The van der Waals surface area contributed by atoms with E-state index in [1.54, 1.807) is 0 Å². The quantitative estimate of drug-likeness (QED) is 0.669. The molecule has 0 spiro atoms. The Morgan fingerprint density at radius 2 is 1.81 bits per heavy atom. The molecule has 0 unspecified atom stereocenters. The third-order valence-corrected chi connectivity index (χ3v) is 4.97. The van der Waals surface area contributed by atoms with Crippen LogP contribution in [0.3, 0.4) is 0 Å². The first-order valence-corrected chi connectivity index (χ1v) is 6.82. The predicted octanol–water partition coefficient (Wildman–Crippen LogP) is 3.78. The van der Waals surface area contributed by atoms with Gasteiger partial charge in [-0.25, -0.2) is 0 Å². The lowest BCUT2D eigenvalue weighted by atomic mass is 9.63. The molecule has 2 aliphatic rings. The fourth-order valence-corrected chi connectivity index (χ4v) is 4.07. The summed E-state index contributed by atoms with van der Waals surface area (Å²) in [5.41, 5.74) is 0.958. The van der Waals surface area contributed by atoms with Crippen LogP contribution in [0.4, 0.5) is 0 Å². The third-order valence-electron chi connectivity index (χ3n) is 4.97. The Kier molecular flexibility index (Phi) is 3.18. The highest BCUT2D eigenvalue weighted by Crippen LogP contribution is 2.53. The lowest BCUT2D eigenvalue weighted by Gasteiger charge is -2.45. The zero-order valence-corrected chi connectivity index (χ0v) is 11.2. The predicted molar refractivity (Wildman–Crippen MR) is 68.2 cm³/mol. The van der Waals surface area contributed by atoms with E-state index in [0.717, 1.165) is 6.42 Å². The second-order valence-electron chi connectivity index (χ2n) is 6.44. The van der Waals surface area contributed by atoms with E-state index in [9.17, 15) is 5.11 Å². The van der Waals surface area contributed by atoms with Crippen molar-refractivity contribution in [2.45, 2.75) is 59.0 Å². The molecule has 2 rings (SSSR count). The molecule has 0 saturated heterocycles. The van der Waals surface area contributed by atoms with E-state index in [1.807, 2.05) is 0 Å². The van der Waals surface area contributed by atoms with Crippen LogP contribution in [0.25, 0.3) is 0 Å². The first kappa shape index (κ1) is 12.2. The van der Waals surface area contributed by atoms with Gasteiger partial charge in [0.25, 0.3) is 0 Å². The van der Waals surface area contributed by atoms with Crippen molar-refractivity contribution in [3.8, 4) is 0 Å². The summed E-state index contributed by atoms with van der Waals surface area (Å²) < 4.78 is 0. The van der Waals surface area contributed by atoms with Gasteiger partial charge < -0.3 is 5.11 Å². The number of hydrogen-bond donors (Lipinski definition) is 1. The number of fused-ring (bicyclic) bond motifs is 1. The molecule has 0 bridgehead atoms. The zero-order chi connectivity index (χ0) is 11.9. The zero-order valence-electron chi connectivity index (χ0n) is 11.2. The number of aliphatic hydroxyl groups is 1. The average Bonchev–Trinajstić information content (AvgIpc) is 2.49. The van der Waals surface area contributed by atoms with Crippen LogP contribution >= 0.6 is 0 Å². The molecular weight excluding hydrogens is 196 g/mol. The summed E-state index contributed by atoms with van der Waals surface area (Å²) in [6.07, 6.45) is 7.06. The van der Waals surface area contributed by atoms with Gasteiger partial charge in [0, 0.05) is 5.92 Å². The third kappa shape index (κ3) is 1.84. The summed E-state index contributed by atoms with van der Waals surface area (Å²) in [6, 6.07) is 0. The number of allylic oxidation sites excluding steroid dienone is 1. The van der Waals surface area contributed by atoms with E-state index < -0.39 is 5.60 Å². The summed E-state index contributed by atoms with van der Waals surface area (Å²) in [5.74, 6) is 2.29. The van der Waals surface area contributed by atoms with Gasteiger partial charge in [0.15, 0.2) is 0 Å². The fourth-order valence-electron chi connectivity index (χ4n) is 4.07. The fraction of sp³-hybridized carbons (Fsp3) is 0.867. The Morgan fingerprint density at radius 1 is 1.12 bits per heavy atom. The maximum Gasteiger partial charge on any atom is 0.0743 e. The second-order valence-corrected chi connectivity index (χ2v) is 6.44. The van der Waals surface area contributed by atoms with Gasteiger partial charge in [0.05, 0.1) is 5.60 Å². The first-order valence-electron chi connectivity index (χ1n) is 6.82. The largest absolute Gasteiger partial charge is 0.389 e. The van der Waals surface area contributed by atoms with E-state index >= 15 is 0 Å². The Bertz CT molecular complexity index is 290. The summed E-state index contributed by atoms with van der Waals surface area (Å²) in [5, 5.41) is 11.0. The molecule has 2 aliphatic carbocycles. The van der Waals surface area contributed by atoms with Crippen molar-refractivity contribution in [3.05, 3.63) is 11.6 Å². The monoisotopic (exact) mass is 222 g/mol. The Hall–Kier alpha value is -0.300. The molecule has 0 aromatic rings. The lowest BCUT2D eigenvalue weighted by molar-refractivity contribution is -0.0859. The normalized spacial score (nSPS) is 47.6. The lowest BCUT2D eigenvalue weighted by Crippen LogP contribution is -2.48. The molecule has 0 aromatic carbocycles. The van der Waals surface area contributed by atoms with Gasteiger partial charge in [0.2, 0.25) is 0 Å². The number of rotatable bonds is 1.